The van der Waals surface area contributed by atoms with E-state index in [4.69, 9.17) is 5.73 Å². The van der Waals surface area contributed by atoms with E-state index in [1.54, 1.807) is 16.7 Å². The van der Waals surface area contributed by atoms with Crippen molar-refractivity contribution in [3.63, 3.8) is 0 Å². The molecule has 5 rings (SSSR count). The van der Waals surface area contributed by atoms with E-state index in [-0.39, 0.29) is 23.6 Å². The highest BCUT2D eigenvalue weighted by atomic mass is 19.1. The fraction of sp³-hybridized carbons (Fsp3) is 0.414. The Kier molecular flexibility index (Phi) is 7.94. The molecule has 4 heterocycles. The fourth-order valence-corrected chi connectivity index (χ4v) is 5.93. The third kappa shape index (κ3) is 5.53. The van der Waals surface area contributed by atoms with Gasteiger partial charge in [0.1, 0.15) is 11.6 Å². The second-order valence-electron chi connectivity index (χ2n) is 10.5. The molecule has 0 atom stereocenters. The minimum absolute atomic E-state index is 0.0232. The van der Waals surface area contributed by atoms with E-state index >= 15 is 0 Å². The summed E-state index contributed by atoms with van der Waals surface area (Å²) in [6.45, 7) is 5.57. The minimum Gasteiger partial charge on any atom is -0.405 e. The molecular formula is C29H37FN7O2+. The van der Waals surface area contributed by atoms with Gasteiger partial charge in [0.25, 0.3) is 0 Å². The number of carbonyl (C=O) groups is 1. The number of nitrogens with two attached hydrogens (primary N) is 1. The van der Waals surface area contributed by atoms with Crippen LogP contribution in [0.15, 0.2) is 65.2 Å². The maximum Gasteiger partial charge on any atom is 0.335 e. The molecule has 2 aliphatic heterocycles. The number of carbonyl (C=O) groups excluding carboxylic acids is 1. The van der Waals surface area contributed by atoms with Crippen LogP contribution in [0.25, 0.3) is 16.9 Å². The van der Waals surface area contributed by atoms with E-state index in [2.05, 4.69) is 15.6 Å². The lowest BCUT2D eigenvalue weighted by atomic mass is 9.93. The Morgan fingerprint density at radius 2 is 1.85 bits per heavy atom. The molecule has 2 fully saturated rings. The monoisotopic (exact) mass is 534 g/mol. The van der Waals surface area contributed by atoms with E-state index in [1.165, 1.54) is 22.9 Å². The van der Waals surface area contributed by atoms with Gasteiger partial charge in [0.15, 0.2) is 0 Å². The number of imidazole rings is 1. The summed E-state index contributed by atoms with van der Waals surface area (Å²) in [5, 5.41) is 0. The van der Waals surface area contributed by atoms with Gasteiger partial charge in [-0.25, -0.2) is 18.7 Å². The lowest BCUT2D eigenvalue weighted by Gasteiger charge is -2.37. The third-order valence-corrected chi connectivity index (χ3v) is 7.99. The quantitative estimate of drug-likeness (QED) is 0.470. The molecule has 2 aromatic heterocycles. The van der Waals surface area contributed by atoms with Gasteiger partial charge in [0.05, 0.1) is 17.2 Å². The molecule has 1 aromatic carbocycles. The fourth-order valence-electron chi connectivity index (χ4n) is 5.93. The zero-order valence-electron chi connectivity index (χ0n) is 22.4. The number of fused-ring (bicyclic) bond motifs is 1. The number of amides is 1. The van der Waals surface area contributed by atoms with Crippen LogP contribution in [0.5, 0.6) is 0 Å². The van der Waals surface area contributed by atoms with Gasteiger partial charge in [-0.3, -0.25) is 14.3 Å². The molecule has 5 N–H and O–H groups in total. The molecule has 2 saturated heterocycles. The molecule has 206 valence electrons. The number of quaternary nitrogens is 1. The Morgan fingerprint density at radius 1 is 1.10 bits per heavy atom. The minimum atomic E-state index is -0.401. The molecule has 0 unspecified atom stereocenters. The Morgan fingerprint density at radius 3 is 2.51 bits per heavy atom. The Hall–Kier alpha value is -3.76. The van der Waals surface area contributed by atoms with Crippen LogP contribution >= 0.6 is 0 Å². The van der Waals surface area contributed by atoms with Crippen molar-refractivity contribution in [1.29, 1.82) is 0 Å². The number of hydrogen-bond donors (Lipinski definition) is 2. The van der Waals surface area contributed by atoms with Crippen molar-refractivity contribution in [3.05, 3.63) is 82.4 Å². The van der Waals surface area contributed by atoms with Crippen LogP contribution in [-0.2, 0) is 4.79 Å². The number of rotatable bonds is 6. The van der Waals surface area contributed by atoms with Crippen LogP contribution in [-0.4, -0.2) is 62.5 Å². The number of benzene rings is 1. The van der Waals surface area contributed by atoms with Gasteiger partial charge in [-0.15, -0.1) is 0 Å². The molecule has 10 heteroatoms. The maximum atomic E-state index is 14.2. The van der Waals surface area contributed by atoms with Gasteiger partial charge in [-0.05, 0) is 82.2 Å². The zero-order valence-corrected chi connectivity index (χ0v) is 22.4. The van der Waals surface area contributed by atoms with Gasteiger partial charge in [-0.1, -0.05) is 6.07 Å². The average molecular weight is 535 g/mol. The average Bonchev–Trinajstić information content (AvgIpc) is 3.23. The lowest BCUT2D eigenvalue weighted by molar-refractivity contribution is -0.276. The van der Waals surface area contributed by atoms with E-state index < -0.39 is 5.82 Å². The molecule has 39 heavy (non-hydrogen) atoms. The summed E-state index contributed by atoms with van der Waals surface area (Å²) >= 11 is 0. The van der Waals surface area contributed by atoms with Gasteiger partial charge < -0.3 is 16.4 Å². The topological polar surface area (TPSA) is 117 Å². The predicted octanol–water partition coefficient (Wildman–Crippen LogP) is 2.11. The zero-order chi connectivity index (χ0) is 27.5. The second-order valence-corrected chi connectivity index (χ2v) is 10.5. The summed E-state index contributed by atoms with van der Waals surface area (Å²) in [5.41, 5.74) is 12.2. The van der Waals surface area contributed by atoms with E-state index in [9.17, 15) is 14.0 Å². The molecule has 3 aromatic rings. The van der Waals surface area contributed by atoms with Crippen molar-refractivity contribution in [2.45, 2.75) is 38.6 Å². The number of hydrogen-bond acceptors (Lipinski definition) is 5. The molecule has 0 spiro atoms. The van der Waals surface area contributed by atoms with Crippen molar-refractivity contribution >= 4 is 16.9 Å². The first-order chi connectivity index (χ1) is 18.9. The van der Waals surface area contributed by atoms with Gasteiger partial charge in [0, 0.05) is 48.9 Å². The summed E-state index contributed by atoms with van der Waals surface area (Å²) < 4.78 is 17.5. The highest BCUT2D eigenvalue weighted by Gasteiger charge is 2.32. The van der Waals surface area contributed by atoms with E-state index in [0.717, 1.165) is 43.7 Å². The first kappa shape index (κ1) is 26.8. The van der Waals surface area contributed by atoms with E-state index in [1.807, 2.05) is 36.2 Å². The maximum absolute atomic E-state index is 14.2. The summed E-state index contributed by atoms with van der Waals surface area (Å²) in [4.78, 5) is 35.9. The number of likely N-dealkylation sites (tertiary alicyclic amines) is 2. The molecular weight excluding hydrogens is 497 g/mol. The van der Waals surface area contributed by atoms with Crippen molar-refractivity contribution < 1.29 is 14.9 Å². The van der Waals surface area contributed by atoms with E-state index in [0.29, 0.717) is 42.8 Å². The number of aromatic nitrogens is 3. The molecule has 1 amide bonds. The number of halogens is 1. The second kappa shape index (κ2) is 11.5. The summed E-state index contributed by atoms with van der Waals surface area (Å²) in [6, 6.07) is 9.84. The first-order valence-corrected chi connectivity index (χ1v) is 13.6. The number of aryl methyl sites for hydroxylation is 1. The molecule has 9 nitrogen and oxygen atoms in total. The summed E-state index contributed by atoms with van der Waals surface area (Å²) in [5.74, 6) is 0.311. The van der Waals surface area contributed by atoms with Crippen molar-refractivity contribution in [1.82, 2.24) is 23.9 Å². The van der Waals surface area contributed by atoms with Gasteiger partial charge in [-0.2, -0.15) is 0 Å². The number of pyridine rings is 1. The van der Waals surface area contributed by atoms with Crippen molar-refractivity contribution in [2.75, 3.05) is 32.7 Å². The normalized spacial score (nSPS) is 18.4. The first-order valence-electron chi connectivity index (χ1n) is 13.6. The summed E-state index contributed by atoms with van der Waals surface area (Å²) in [7, 11) is 0. The van der Waals surface area contributed by atoms with Crippen LogP contribution in [0.3, 0.4) is 0 Å². The van der Waals surface area contributed by atoms with Crippen molar-refractivity contribution in [2.24, 2.45) is 11.7 Å². The Bertz CT molecular complexity index is 1460. The molecule has 0 bridgehead atoms. The predicted molar refractivity (Wildman–Crippen MR) is 148 cm³/mol. The third-order valence-electron chi connectivity index (χ3n) is 7.99. The Balaban J connectivity index is 1.28. The smallest absolute Gasteiger partial charge is 0.335 e. The number of nitrogens with zero attached hydrogens (tertiary/aromatic N) is 5. The van der Waals surface area contributed by atoms with Crippen molar-refractivity contribution in [3.8, 4) is 5.82 Å². The van der Waals surface area contributed by atoms with Crippen LogP contribution < -0.4 is 17.2 Å². The number of piperidine rings is 2. The van der Waals surface area contributed by atoms with Crippen LogP contribution in [0.4, 0.5) is 4.39 Å². The molecule has 0 radical (unpaired) electrons. The molecule has 0 aliphatic carbocycles. The lowest BCUT2D eigenvalue weighted by Crippen LogP contribution is -2.47. The SMILES string of the molecule is Cc1cccc(-n2c(=O)n(C3CCN(C(=O)C4CCN(CC(C=CN)=C[NH3+])CC4)CC3)c3ccc(F)cc32)n1. The van der Waals surface area contributed by atoms with Crippen LogP contribution in [0.2, 0.25) is 0 Å². The van der Waals surface area contributed by atoms with Gasteiger partial charge >= 0.3 is 5.69 Å². The summed E-state index contributed by atoms with van der Waals surface area (Å²) in [6.07, 6.45) is 8.22. The van der Waals surface area contributed by atoms with Crippen LogP contribution in [0.1, 0.15) is 37.4 Å². The molecule has 2 aliphatic rings. The highest BCUT2D eigenvalue weighted by molar-refractivity contribution is 5.79. The largest absolute Gasteiger partial charge is 0.405 e. The standard InChI is InChI=1S/C29H36FN7O2/c1-20-3-2-4-27(33-20)37-26-17-23(30)5-6-25(26)36(29(37)39)24-10-15-35(16-11-24)28(38)22-8-13-34(14-9-22)19-21(18-32)7-12-31/h2-7,12,17-18,22,24H,8-11,13-16,19,31-32H2,1H3/p+1. The molecule has 0 saturated carbocycles. The van der Waals surface area contributed by atoms with Gasteiger partial charge in [0.2, 0.25) is 5.91 Å². The highest BCUT2D eigenvalue weighted by Crippen LogP contribution is 2.29. The Labute approximate surface area is 227 Å². The van der Waals surface area contributed by atoms with Crippen LogP contribution in [0, 0.1) is 18.7 Å².